The number of likely N-dealkylation sites (N-methyl/N-ethyl adjacent to an activating group) is 1. The van der Waals surface area contributed by atoms with Gasteiger partial charge in [-0.25, -0.2) is 0 Å². The van der Waals surface area contributed by atoms with Crippen LogP contribution in [0, 0.1) is 0 Å². The molecule has 0 aromatic carbocycles. The Morgan fingerprint density at radius 2 is 0.519 bits per heavy atom. The number of quaternary nitrogens is 1. The van der Waals surface area contributed by atoms with Crippen molar-refractivity contribution in [2.24, 2.45) is 0 Å². The fourth-order valence-corrected chi connectivity index (χ4v) is 13.6. The Morgan fingerprint density at radius 1 is 0.298 bits per heavy atom. The third kappa shape index (κ3) is 87.3. The average Bonchev–Trinajstić information content (AvgIpc) is 0.915. The zero-order chi connectivity index (χ0) is 75.4. The summed E-state index contributed by atoms with van der Waals surface area (Å²) in [6.45, 7) is 4.07. The van der Waals surface area contributed by atoms with Crippen LogP contribution in [0.25, 0.3) is 0 Å². The van der Waals surface area contributed by atoms with Gasteiger partial charge < -0.3 is 27.9 Å². The molecule has 104 heavy (non-hydrogen) atoms. The van der Waals surface area contributed by atoms with Crippen molar-refractivity contribution < 1.29 is 42.1 Å². The van der Waals surface area contributed by atoms with E-state index in [1.165, 1.54) is 276 Å². The van der Waals surface area contributed by atoms with E-state index < -0.39 is 26.5 Å². The summed E-state index contributed by atoms with van der Waals surface area (Å²) < 4.78 is 34.5. The van der Waals surface area contributed by atoms with Gasteiger partial charge in [-0.15, -0.1) is 0 Å². The smallest absolute Gasteiger partial charge is 0.306 e. The molecule has 10 heteroatoms. The normalized spacial score (nSPS) is 13.6. The quantitative estimate of drug-likeness (QED) is 0.0195. The van der Waals surface area contributed by atoms with Crippen LogP contribution in [0.1, 0.15) is 412 Å². The molecule has 0 N–H and O–H groups in total. The molecule has 0 radical (unpaired) electrons. The van der Waals surface area contributed by atoms with Gasteiger partial charge in [-0.3, -0.25) is 14.2 Å². The number of phosphoric acid groups is 1. The zero-order valence-electron chi connectivity index (χ0n) is 69.0. The molecule has 0 fully saturated rings. The van der Waals surface area contributed by atoms with Gasteiger partial charge in [-0.1, -0.05) is 418 Å². The standard InChI is InChI=1S/C94H168NO8P/c1-6-8-10-12-14-16-18-20-22-24-26-28-30-32-34-36-38-40-42-44-46-47-49-50-52-54-56-58-60-62-64-66-68-70-72-74-76-78-80-82-84-86-93(96)100-90-92(91-102-104(98,99)101-89-88-95(3,4)5)103-94(97)87-85-83-81-79-77-75-73-71-69-67-65-63-61-59-57-55-53-51-48-45-43-41-39-37-35-33-31-29-27-25-23-21-19-17-15-13-11-9-7-2/h8-11,14-17,20-23,26-29,33,35,39,41,92H,6-7,12-13,18-19,24-25,30-32,34,36-38,40,42-91H2,1-5H3/b10-8-,11-9-,16-14-,17-15-,22-20-,23-21-,28-26-,29-27-,35-33-,41-39-. The van der Waals surface area contributed by atoms with Crippen LogP contribution < -0.4 is 4.89 Å². The molecule has 602 valence electrons. The van der Waals surface area contributed by atoms with Crippen molar-refractivity contribution in [2.45, 2.75) is 418 Å². The van der Waals surface area contributed by atoms with E-state index in [4.69, 9.17) is 18.5 Å². The van der Waals surface area contributed by atoms with E-state index in [0.29, 0.717) is 17.4 Å². The van der Waals surface area contributed by atoms with Gasteiger partial charge in [-0.2, -0.15) is 0 Å². The maximum atomic E-state index is 12.9. The molecule has 2 atom stereocenters. The molecule has 0 aliphatic heterocycles. The van der Waals surface area contributed by atoms with Crippen LogP contribution in [0.15, 0.2) is 122 Å². The molecule has 0 aliphatic rings. The van der Waals surface area contributed by atoms with E-state index in [1.54, 1.807) is 0 Å². The highest BCUT2D eigenvalue weighted by Crippen LogP contribution is 2.38. The second-order valence-corrected chi connectivity index (χ2v) is 32.3. The largest absolute Gasteiger partial charge is 0.756 e. The molecule has 0 spiro atoms. The molecule has 2 unspecified atom stereocenters. The minimum atomic E-state index is -4.65. The SMILES string of the molecule is CC/C=C\C/C=C\C/C=C\C/C=C\C/C=C\C/C=C\CCCCCCCCCCCCCCCCCCCCCCC(=O)OC(COC(=O)CCCCCCCCCCCCCCCCCCCCCCCCCCCCCC/C=C\C/C=C\C/C=C\C/C=C\CC)COP(=O)([O-])OCC[N+](C)(C)C. The lowest BCUT2D eigenvalue weighted by molar-refractivity contribution is -0.870. The minimum Gasteiger partial charge on any atom is -0.756 e. The number of hydrogen-bond donors (Lipinski definition) is 0. The Labute approximate surface area is 645 Å². The fourth-order valence-electron chi connectivity index (χ4n) is 12.8. The maximum Gasteiger partial charge on any atom is 0.306 e. The molecule has 0 saturated heterocycles. The van der Waals surface area contributed by atoms with Gasteiger partial charge in [0.25, 0.3) is 7.82 Å². The van der Waals surface area contributed by atoms with Gasteiger partial charge in [-0.05, 0) is 103 Å². The van der Waals surface area contributed by atoms with Crippen molar-refractivity contribution in [2.75, 3.05) is 47.5 Å². The first-order valence-electron chi connectivity index (χ1n) is 44.2. The molecular formula is C94H168NO8P. The number of esters is 2. The summed E-state index contributed by atoms with van der Waals surface area (Å²) >= 11 is 0. The molecule has 0 aromatic rings. The first-order chi connectivity index (χ1) is 51.0. The van der Waals surface area contributed by atoms with Crippen LogP contribution in [0.3, 0.4) is 0 Å². The molecule has 0 amide bonds. The maximum absolute atomic E-state index is 12.9. The third-order valence-corrected chi connectivity index (χ3v) is 20.4. The number of carbonyl (C=O) groups is 2. The van der Waals surface area contributed by atoms with Crippen LogP contribution in [0.2, 0.25) is 0 Å². The topological polar surface area (TPSA) is 111 Å². The Kier molecular flexibility index (Phi) is 80.6. The van der Waals surface area contributed by atoms with Crippen molar-refractivity contribution in [1.82, 2.24) is 0 Å². The molecule has 0 aromatic heterocycles. The average molecular weight is 1470 g/mol. The van der Waals surface area contributed by atoms with Crippen molar-refractivity contribution in [1.29, 1.82) is 0 Å². The number of rotatable bonds is 82. The summed E-state index contributed by atoms with van der Waals surface area (Å²) in [6.07, 6.45) is 121. The predicted octanol–water partition coefficient (Wildman–Crippen LogP) is 29.4. The highest BCUT2D eigenvalue weighted by atomic mass is 31.2. The molecule has 0 heterocycles. The number of nitrogens with zero attached hydrogens (tertiary/aromatic N) is 1. The summed E-state index contributed by atoms with van der Waals surface area (Å²) in [7, 11) is 1.18. The Morgan fingerprint density at radius 3 is 0.769 bits per heavy atom. The van der Waals surface area contributed by atoms with Crippen LogP contribution in [-0.2, 0) is 32.7 Å². The first kappa shape index (κ1) is 100. The number of allylic oxidation sites excluding steroid dienone is 20. The zero-order valence-corrected chi connectivity index (χ0v) is 69.8. The molecule has 0 rings (SSSR count). The van der Waals surface area contributed by atoms with Crippen molar-refractivity contribution in [3.8, 4) is 0 Å². The van der Waals surface area contributed by atoms with Gasteiger partial charge in [0.05, 0.1) is 27.7 Å². The van der Waals surface area contributed by atoms with Crippen LogP contribution >= 0.6 is 7.82 Å². The molecule has 0 bridgehead atoms. The number of carbonyl (C=O) groups excluding carboxylic acids is 2. The van der Waals surface area contributed by atoms with E-state index in [2.05, 4.69) is 135 Å². The third-order valence-electron chi connectivity index (χ3n) is 19.5. The van der Waals surface area contributed by atoms with Crippen LogP contribution in [-0.4, -0.2) is 70.0 Å². The van der Waals surface area contributed by atoms with Gasteiger partial charge in [0, 0.05) is 12.8 Å². The van der Waals surface area contributed by atoms with E-state index in [1.807, 2.05) is 21.1 Å². The van der Waals surface area contributed by atoms with E-state index >= 15 is 0 Å². The number of phosphoric ester groups is 1. The van der Waals surface area contributed by atoms with E-state index in [-0.39, 0.29) is 32.0 Å². The number of ether oxygens (including phenoxy) is 2. The Balaban J connectivity index is 3.87. The highest BCUT2D eigenvalue weighted by Gasteiger charge is 2.22. The van der Waals surface area contributed by atoms with Crippen molar-refractivity contribution in [3.63, 3.8) is 0 Å². The molecular weight excluding hydrogens is 1300 g/mol. The summed E-state index contributed by atoms with van der Waals surface area (Å²) in [6, 6.07) is 0. The monoisotopic (exact) mass is 1470 g/mol. The van der Waals surface area contributed by atoms with Crippen molar-refractivity contribution >= 4 is 19.8 Å². The second-order valence-electron chi connectivity index (χ2n) is 30.8. The number of unbranched alkanes of at least 4 members (excludes halogenated alkanes) is 48. The van der Waals surface area contributed by atoms with E-state index in [0.717, 1.165) is 103 Å². The summed E-state index contributed by atoms with van der Waals surface area (Å²) in [5.41, 5.74) is 0. The van der Waals surface area contributed by atoms with Gasteiger partial charge >= 0.3 is 11.9 Å². The predicted molar refractivity (Wildman–Crippen MR) is 452 cm³/mol. The highest BCUT2D eigenvalue weighted by molar-refractivity contribution is 7.45. The van der Waals surface area contributed by atoms with Crippen LogP contribution in [0.5, 0.6) is 0 Å². The summed E-state index contributed by atoms with van der Waals surface area (Å²) in [5.74, 6) is -0.813. The van der Waals surface area contributed by atoms with Gasteiger partial charge in [0.15, 0.2) is 6.10 Å². The lowest BCUT2D eigenvalue weighted by Gasteiger charge is -2.28. The lowest BCUT2D eigenvalue weighted by Crippen LogP contribution is -2.37. The second kappa shape index (κ2) is 83.4. The summed E-state index contributed by atoms with van der Waals surface area (Å²) in [4.78, 5) is 38.3. The number of hydrogen-bond acceptors (Lipinski definition) is 8. The minimum absolute atomic E-state index is 0.0307. The van der Waals surface area contributed by atoms with Gasteiger partial charge in [0.2, 0.25) is 0 Å². The van der Waals surface area contributed by atoms with Gasteiger partial charge in [0.1, 0.15) is 19.8 Å². The molecule has 9 nitrogen and oxygen atoms in total. The van der Waals surface area contributed by atoms with Crippen LogP contribution in [0.4, 0.5) is 0 Å². The first-order valence-corrected chi connectivity index (χ1v) is 45.7. The Hall–Kier alpha value is -3.59. The Bertz CT molecular complexity index is 2180. The fraction of sp³-hybridized carbons (Fsp3) is 0.766. The molecule has 0 saturated carbocycles. The lowest BCUT2D eigenvalue weighted by atomic mass is 10.0. The van der Waals surface area contributed by atoms with E-state index in [9.17, 15) is 19.0 Å². The van der Waals surface area contributed by atoms with Crippen molar-refractivity contribution in [3.05, 3.63) is 122 Å². The summed E-state index contributed by atoms with van der Waals surface area (Å²) in [5, 5.41) is 0. The molecule has 0 aliphatic carbocycles.